The summed E-state index contributed by atoms with van der Waals surface area (Å²) in [5.41, 5.74) is 1.99. The molecule has 0 fully saturated rings. The van der Waals surface area contributed by atoms with E-state index in [2.05, 4.69) is 23.7 Å². The number of hydrogen-bond acceptors (Lipinski definition) is 4. The van der Waals surface area contributed by atoms with Crippen LogP contribution in [0.15, 0.2) is 29.1 Å². The Morgan fingerprint density at radius 3 is 2.25 bits per heavy atom. The molecule has 0 spiro atoms. The van der Waals surface area contributed by atoms with E-state index in [4.69, 9.17) is 4.74 Å². The molecular formula is C19H28N2O2S. The topological polar surface area (TPSA) is 45.3 Å². The van der Waals surface area contributed by atoms with Crippen molar-refractivity contribution in [1.82, 2.24) is 9.88 Å². The maximum Gasteiger partial charge on any atom is 0.305 e. The van der Waals surface area contributed by atoms with Crippen molar-refractivity contribution in [2.75, 3.05) is 20.2 Å². The van der Waals surface area contributed by atoms with Crippen LogP contribution in [0.2, 0.25) is 0 Å². The molecule has 2 rings (SSSR count). The second-order valence-electron chi connectivity index (χ2n) is 6.02. The van der Waals surface area contributed by atoms with E-state index in [1.54, 1.807) is 7.11 Å². The van der Waals surface area contributed by atoms with Crippen LogP contribution in [0.4, 0.5) is 0 Å². The number of nitrogens with one attached hydrogen (secondary N) is 1. The molecule has 1 aromatic carbocycles. The molecule has 0 amide bonds. The van der Waals surface area contributed by atoms with Gasteiger partial charge in [0.2, 0.25) is 0 Å². The molecule has 0 atom stereocenters. The Balaban J connectivity index is 2.20. The Kier molecular flexibility index (Phi) is 7.53. The second kappa shape index (κ2) is 9.64. The smallest absolute Gasteiger partial charge is 0.305 e. The largest absolute Gasteiger partial charge is 0.497 e. The van der Waals surface area contributed by atoms with Crippen molar-refractivity contribution >= 4 is 11.3 Å². The Morgan fingerprint density at radius 2 is 1.71 bits per heavy atom. The van der Waals surface area contributed by atoms with E-state index in [9.17, 15) is 4.79 Å². The highest BCUT2D eigenvalue weighted by molar-refractivity contribution is 7.09. The van der Waals surface area contributed by atoms with Gasteiger partial charge in [0.05, 0.1) is 12.8 Å². The van der Waals surface area contributed by atoms with Crippen molar-refractivity contribution < 1.29 is 4.74 Å². The zero-order valence-corrected chi connectivity index (χ0v) is 15.7. The lowest BCUT2D eigenvalue weighted by molar-refractivity contribution is 0.259. The van der Waals surface area contributed by atoms with Gasteiger partial charge in [0.25, 0.3) is 0 Å². The highest BCUT2D eigenvalue weighted by atomic mass is 32.1. The van der Waals surface area contributed by atoms with Crippen LogP contribution in [0, 0.1) is 0 Å². The molecule has 1 heterocycles. The summed E-state index contributed by atoms with van der Waals surface area (Å²) in [5, 5.41) is 0. The minimum Gasteiger partial charge on any atom is -0.497 e. The fraction of sp³-hybridized carbons (Fsp3) is 0.526. The second-order valence-corrected chi connectivity index (χ2v) is 7.09. The quantitative estimate of drug-likeness (QED) is 0.687. The predicted octanol–water partition coefficient (Wildman–Crippen LogP) is 4.51. The normalized spacial score (nSPS) is 11.2. The van der Waals surface area contributed by atoms with Gasteiger partial charge in [-0.05, 0) is 55.8 Å². The molecule has 0 aliphatic rings. The molecule has 0 saturated carbocycles. The fourth-order valence-electron chi connectivity index (χ4n) is 2.70. The van der Waals surface area contributed by atoms with E-state index in [0.717, 1.165) is 41.5 Å². The lowest BCUT2D eigenvalue weighted by atomic mass is 10.1. The first-order valence-corrected chi connectivity index (χ1v) is 9.58. The van der Waals surface area contributed by atoms with Gasteiger partial charge >= 0.3 is 4.87 Å². The van der Waals surface area contributed by atoms with Crippen molar-refractivity contribution in [1.29, 1.82) is 0 Å². The van der Waals surface area contributed by atoms with Crippen molar-refractivity contribution in [3.05, 3.63) is 38.8 Å². The number of nitrogens with zero attached hydrogens (tertiary/aromatic N) is 1. The summed E-state index contributed by atoms with van der Waals surface area (Å²) < 4.78 is 5.22. The predicted molar refractivity (Wildman–Crippen MR) is 102 cm³/mol. The van der Waals surface area contributed by atoms with Gasteiger partial charge in [-0.3, -0.25) is 9.69 Å². The average molecular weight is 349 g/mol. The molecule has 4 nitrogen and oxygen atoms in total. The molecule has 0 saturated heterocycles. The van der Waals surface area contributed by atoms with Crippen molar-refractivity contribution in [3.63, 3.8) is 0 Å². The number of unbranched alkanes of at least 4 members (excludes halogenated alkanes) is 2. The van der Waals surface area contributed by atoms with Gasteiger partial charge in [-0.25, -0.2) is 0 Å². The molecule has 0 aliphatic heterocycles. The Morgan fingerprint density at radius 1 is 1.08 bits per heavy atom. The minimum atomic E-state index is 0.0155. The molecule has 24 heavy (non-hydrogen) atoms. The highest BCUT2D eigenvalue weighted by Gasteiger charge is 2.14. The third-order valence-electron chi connectivity index (χ3n) is 4.12. The van der Waals surface area contributed by atoms with Crippen LogP contribution < -0.4 is 9.61 Å². The summed E-state index contributed by atoms with van der Waals surface area (Å²) in [6.07, 6.45) is 4.77. The lowest BCUT2D eigenvalue weighted by Gasteiger charge is -2.21. The Hall–Kier alpha value is -1.59. The first kappa shape index (κ1) is 18.7. The average Bonchev–Trinajstić information content (AvgIpc) is 2.97. The van der Waals surface area contributed by atoms with Crippen LogP contribution in [-0.4, -0.2) is 30.1 Å². The van der Waals surface area contributed by atoms with E-state index in [0.29, 0.717) is 0 Å². The third-order valence-corrected chi connectivity index (χ3v) is 4.99. The minimum absolute atomic E-state index is 0.0155. The maximum atomic E-state index is 11.9. The number of methoxy groups -OCH3 is 1. The molecule has 0 radical (unpaired) electrons. The zero-order valence-electron chi connectivity index (χ0n) is 14.9. The first-order chi connectivity index (χ1) is 11.7. The van der Waals surface area contributed by atoms with Gasteiger partial charge in [0, 0.05) is 11.4 Å². The van der Waals surface area contributed by atoms with Crippen LogP contribution in [0.3, 0.4) is 0 Å². The summed E-state index contributed by atoms with van der Waals surface area (Å²) in [4.78, 5) is 18.6. The Labute approximate surface area is 148 Å². The van der Waals surface area contributed by atoms with E-state index >= 15 is 0 Å². The monoisotopic (exact) mass is 348 g/mol. The van der Waals surface area contributed by atoms with Crippen LogP contribution in [0.5, 0.6) is 5.75 Å². The molecule has 1 N–H and O–H groups in total. The van der Waals surface area contributed by atoms with Gasteiger partial charge < -0.3 is 9.72 Å². The molecule has 1 aromatic heterocycles. The molecule has 0 unspecified atom stereocenters. The standard InChI is InChI=1S/C19H28N2O2S/c1-4-6-12-21(13-7-5-2)14-17-18(20-19(22)24-17)15-8-10-16(23-3)11-9-15/h8-11H,4-7,12-14H2,1-3H3,(H,20,22). The van der Waals surface area contributed by atoms with E-state index in [-0.39, 0.29) is 4.87 Å². The third kappa shape index (κ3) is 5.21. The number of aromatic amines is 1. The first-order valence-electron chi connectivity index (χ1n) is 8.76. The fourth-order valence-corrected chi connectivity index (χ4v) is 3.59. The van der Waals surface area contributed by atoms with Gasteiger partial charge in [0.15, 0.2) is 0 Å². The van der Waals surface area contributed by atoms with Gasteiger partial charge in [-0.15, -0.1) is 0 Å². The molecular weight excluding hydrogens is 320 g/mol. The lowest BCUT2D eigenvalue weighted by Crippen LogP contribution is -2.25. The molecule has 132 valence electrons. The van der Waals surface area contributed by atoms with Crippen LogP contribution in [0.25, 0.3) is 11.3 Å². The summed E-state index contributed by atoms with van der Waals surface area (Å²) >= 11 is 1.33. The highest BCUT2D eigenvalue weighted by Crippen LogP contribution is 2.26. The number of thiazole rings is 1. The van der Waals surface area contributed by atoms with Crippen molar-refractivity contribution in [2.24, 2.45) is 0 Å². The van der Waals surface area contributed by atoms with Crippen LogP contribution in [-0.2, 0) is 6.54 Å². The molecule has 2 aromatic rings. The number of benzene rings is 1. The maximum absolute atomic E-state index is 11.9. The van der Waals surface area contributed by atoms with Gasteiger partial charge in [-0.2, -0.15) is 0 Å². The van der Waals surface area contributed by atoms with Crippen molar-refractivity contribution in [2.45, 2.75) is 46.1 Å². The number of rotatable bonds is 10. The van der Waals surface area contributed by atoms with E-state index in [1.165, 1.54) is 37.0 Å². The molecule has 0 aliphatic carbocycles. The van der Waals surface area contributed by atoms with Gasteiger partial charge in [0.1, 0.15) is 5.75 Å². The number of H-pyrrole nitrogens is 1. The van der Waals surface area contributed by atoms with Gasteiger partial charge in [-0.1, -0.05) is 38.0 Å². The SMILES string of the molecule is CCCCN(CCCC)Cc1sc(=O)[nH]c1-c1ccc(OC)cc1. The summed E-state index contributed by atoms with van der Waals surface area (Å²) in [6.45, 7) is 7.45. The van der Waals surface area contributed by atoms with Crippen LogP contribution in [0.1, 0.15) is 44.4 Å². The van der Waals surface area contributed by atoms with E-state index < -0.39 is 0 Å². The summed E-state index contributed by atoms with van der Waals surface area (Å²) in [7, 11) is 1.66. The van der Waals surface area contributed by atoms with E-state index in [1.807, 2.05) is 24.3 Å². The summed E-state index contributed by atoms with van der Waals surface area (Å²) in [6, 6.07) is 7.87. The number of aromatic nitrogens is 1. The van der Waals surface area contributed by atoms with Crippen molar-refractivity contribution in [3.8, 4) is 17.0 Å². The molecule has 0 bridgehead atoms. The summed E-state index contributed by atoms with van der Waals surface area (Å²) in [5.74, 6) is 0.824. The number of hydrogen-bond donors (Lipinski definition) is 1. The number of ether oxygens (including phenoxy) is 1. The Bertz CT molecular complexity index is 653. The van der Waals surface area contributed by atoms with Crippen LogP contribution >= 0.6 is 11.3 Å². The molecule has 5 heteroatoms. The zero-order chi connectivity index (χ0) is 17.4.